The zero-order valence-corrected chi connectivity index (χ0v) is 19.4. The van der Waals surface area contributed by atoms with Crippen LogP contribution in [0.2, 0.25) is 5.02 Å². The van der Waals surface area contributed by atoms with E-state index in [-0.39, 0.29) is 39.1 Å². The average molecular weight is 476 g/mol. The summed E-state index contributed by atoms with van der Waals surface area (Å²) >= 11 is 6.39. The second-order valence-corrected chi connectivity index (χ2v) is 8.45. The van der Waals surface area contributed by atoms with E-state index in [4.69, 9.17) is 16.3 Å². The summed E-state index contributed by atoms with van der Waals surface area (Å²) in [7, 11) is 0. The number of carbonyl (C=O) groups excluding carboxylic acids is 4. The molecule has 0 unspecified atom stereocenters. The predicted octanol–water partition coefficient (Wildman–Crippen LogP) is 4.85. The fourth-order valence-electron chi connectivity index (χ4n) is 3.97. The van der Waals surface area contributed by atoms with Gasteiger partial charge in [-0.25, -0.2) is 4.79 Å². The number of fused-ring (bicyclic) bond motifs is 2. The molecule has 3 aromatic rings. The molecule has 0 bridgehead atoms. The van der Waals surface area contributed by atoms with Gasteiger partial charge >= 0.3 is 5.97 Å². The first-order valence-corrected chi connectivity index (χ1v) is 11.2. The van der Waals surface area contributed by atoms with Gasteiger partial charge in [-0.05, 0) is 31.0 Å². The van der Waals surface area contributed by atoms with Crippen molar-refractivity contribution in [2.75, 3.05) is 6.61 Å². The van der Waals surface area contributed by atoms with Gasteiger partial charge in [0.1, 0.15) is 0 Å². The molecular weight excluding hydrogens is 454 g/mol. The van der Waals surface area contributed by atoms with Crippen molar-refractivity contribution >= 4 is 35.0 Å². The molecule has 1 aliphatic carbocycles. The van der Waals surface area contributed by atoms with E-state index in [1.165, 1.54) is 12.1 Å². The normalized spacial score (nSPS) is 13.0. The quantitative estimate of drug-likeness (QED) is 0.403. The smallest absolute Gasteiger partial charge is 0.340 e. The summed E-state index contributed by atoms with van der Waals surface area (Å²) in [6.45, 7) is 3.42. The molecule has 1 amide bonds. The fraction of sp³-hybridized carbons (Fsp3) is 0.185. The number of aryl methyl sites for hydroxylation is 1. The number of amides is 1. The molecule has 172 valence electrons. The van der Waals surface area contributed by atoms with Crippen LogP contribution < -0.4 is 5.32 Å². The molecule has 0 aromatic heterocycles. The molecule has 1 aliphatic rings. The van der Waals surface area contributed by atoms with Crippen molar-refractivity contribution in [3.8, 4) is 0 Å². The third-order valence-electron chi connectivity index (χ3n) is 5.81. The van der Waals surface area contributed by atoms with Crippen LogP contribution >= 0.6 is 11.6 Å². The first-order valence-electron chi connectivity index (χ1n) is 10.9. The molecule has 6 nitrogen and oxygen atoms in total. The van der Waals surface area contributed by atoms with Gasteiger partial charge < -0.3 is 10.1 Å². The number of ketones is 2. The van der Waals surface area contributed by atoms with E-state index in [1.54, 1.807) is 24.3 Å². The van der Waals surface area contributed by atoms with Crippen molar-refractivity contribution in [2.45, 2.75) is 26.3 Å². The highest BCUT2D eigenvalue weighted by molar-refractivity contribution is 6.41. The summed E-state index contributed by atoms with van der Waals surface area (Å²) in [6, 6.07) is 16.8. The Hall–Kier alpha value is -3.77. The Bertz CT molecular complexity index is 1310. The van der Waals surface area contributed by atoms with E-state index in [9.17, 15) is 19.2 Å². The Balaban J connectivity index is 1.48. The first-order chi connectivity index (χ1) is 16.3. The number of carbonyl (C=O) groups is 4. The minimum Gasteiger partial charge on any atom is -0.452 e. The Morgan fingerprint density at radius 3 is 2.21 bits per heavy atom. The zero-order chi connectivity index (χ0) is 24.4. The summed E-state index contributed by atoms with van der Waals surface area (Å²) in [5, 5.41) is 2.68. The molecule has 4 rings (SSSR count). The molecule has 0 saturated carbocycles. The lowest BCUT2D eigenvalue weighted by Crippen LogP contribution is -2.32. The number of halogens is 1. The third-order valence-corrected chi connectivity index (χ3v) is 6.20. The van der Waals surface area contributed by atoms with Crippen molar-refractivity contribution in [3.05, 3.63) is 105 Å². The molecule has 3 aromatic carbocycles. The van der Waals surface area contributed by atoms with E-state index in [2.05, 4.69) is 5.32 Å². The predicted molar refractivity (Wildman–Crippen MR) is 127 cm³/mol. The van der Waals surface area contributed by atoms with Crippen LogP contribution in [0, 0.1) is 6.92 Å². The number of hydrogen-bond acceptors (Lipinski definition) is 5. The highest BCUT2D eigenvalue weighted by atomic mass is 35.5. The van der Waals surface area contributed by atoms with Gasteiger partial charge in [0.2, 0.25) is 0 Å². The molecular formula is C27H22ClNO5. The van der Waals surface area contributed by atoms with Crippen LogP contribution in [-0.4, -0.2) is 30.0 Å². The number of rotatable bonds is 6. The first kappa shape index (κ1) is 23.4. The number of ether oxygens (including phenoxy) is 1. The van der Waals surface area contributed by atoms with Crippen molar-refractivity contribution in [1.29, 1.82) is 0 Å². The van der Waals surface area contributed by atoms with Gasteiger partial charge in [-0.1, -0.05) is 72.6 Å². The topological polar surface area (TPSA) is 89.5 Å². The second-order valence-electron chi connectivity index (χ2n) is 8.07. The van der Waals surface area contributed by atoms with E-state index in [0.29, 0.717) is 12.0 Å². The largest absolute Gasteiger partial charge is 0.452 e. The lowest BCUT2D eigenvalue weighted by molar-refractivity contribution is -0.125. The summed E-state index contributed by atoms with van der Waals surface area (Å²) in [4.78, 5) is 50.8. The molecule has 7 heteroatoms. The van der Waals surface area contributed by atoms with Gasteiger partial charge in [-0.2, -0.15) is 0 Å². The van der Waals surface area contributed by atoms with Gasteiger partial charge in [-0.15, -0.1) is 0 Å². The number of hydrogen-bond donors (Lipinski definition) is 1. The van der Waals surface area contributed by atoms with Crippen LogP contribution in [0.15, 0.2) is 60.7 Å². The van der Waals surface area contributed by atoms with Gasteiger partial charge in [0.05, 0.1) is 22.2 Å². The van der Waals surface area contributed by atoms with Crippen LogP contribution in [0.4, 0.5) is 0 Å². The summed E-state index contributed by atoms with van der Waals surface area (Å²) in [6.07, 6.45) is 0.664. The van der Waals surface area contributed by atoms with Crippen LogP contribution in [0.5, 0.6) is 0 Å². The lowest BCUT2D eigenvalue weighted by atomic mass is 9.83. The highest BCUT2D eigenvalue weighted by Crippen LogP contribution is 2.34. The maximum Gasteiger partial charge on any atom is 0.340 e. The maximum absolute atomic E-state index is 13.0. The molecule has 0 heterocycles. The molecule has 1 atom stereocenters. The fourth-order valence-corrected chi connectivity index (χ4v) is 4.30. The zero-order valence-electron chi connectivity index (χ0n) is 18.7. The monoisotopic (exact) mass is 475 g/mol. The highest BCUT2D eigenvalue weighted by Gasteiger charge is 2.33. The standard InChI is InChI=1S/C27H22ClNO5/c1-3-21(16-10-8-15(2)9-11-16)29-22(30)14-34-27(33)20-13-12-19-23(24(20)28)26(32)18-7-5-4-6-17(18)25(19)31/h4-13,21H,3,14H2,1-2H3,(H,29,30)/t21-/m1/s1. The lowest BCUT2D eigenvalue weighted by Gasteiger charge is -2.20. The van der Waals surface area contributed by atoms with Crippen molar-refractivity contribution < 1.29 is 23.9 Å². The van der Waals surface area contributed by atoms with E-state index in [0.717, 1.165) is 11.1 Å². The Morgan fingerprint density at radius 2 is 1.56 bits per heavy atom. The van der Waals surface area contributed by atoms with Crippen LogP contribution in [-0.2, 0) is 9.53 Å². The van der Waals surface area contributed by atoms with Crippen molar-refractivity contribution in [2.24, 2.45) is 0 Å². The summed E-state index contributed by atoms with van der Waals surface area (Å²) in [5.74, 6) is -2.10. The minimum absolute atomic E-state index is 0.0327. The van der Waals surface area contributed by atoms with Crippen molar-refractivity contribution in [1.82, 2.24) is 5.32 Å². The minimum atomic E-state index is -0.856. The molecule has 0 aliphatic heterocycles. The third kappa shape index (κ3) is 4.37. The maximum atomic E-state index is 13.0. The summed E-state index contributed by atoms with van der Waals surface area (Å²) in [5.41, 5.74) is 2.61. The van der Waals surface area contributed by atoms with Gasteiger partial charge in [0, 0.05) is 16.7 Å². The Labute approximate surface area is 201 Å². The van der Waals surface area contributed by atoms with E-state index in [1.807, 2.05) is 38.1 Å². The number of benzene rings is 3. The van der Waals surface area contributed by atoms with Crippen molar-refractivity contribution in [3.63, 3.8) is 0 Å². The van der Waals surface area contributed by atoms with Gasteiger partial charge in [0.25, 0.3) is 5.91 Å². The van der Waals surface area contributed by atoms with Crippen LogP contribution in [0.3, 0.4) is 0 Å². The Kier molecular flexibility index (Phi) is 6.61. The van der Waals surface area contributed by atoms with Crippen LogP contribution in [0.25, 0.3) is 0 Å². The molecule has 34 heavy (non-hydrogen) atoms. The number of nitrogens with one attached hydrogen (secondary N) is 1. The van der Waals surface area contributed by atoms with Gasteiger partial charge in [-0.3, -0.25) is 14.4 Å². The van der Waals surface area contributed by atoms with Crippen LogP contribution in [0.1, 0.15) is 72.7 Å². The second kappa shape index (κ2) is 9.61. The molecule has 0 radical (unpaired) electrons. The average Bonchev–Trinajstić information content (AvgIpc) is 2.84. The molecule has 0 fully saturated rings. The molecule has 0 saturated heterocycles. The summed E-state index contributed by atoms with van der Waals surface area (Å²) < 4.78 is 5.16. The van der Waals surface area contributed by atoms with E-state index >= 15 is 0 Å². The Morgan fingerprint density at radius 1 is 0.912 bits per heavy atom. The molecule has 0 spiro atoms. The number of esters is 1. The van der Waals surface area contributed by atoms with Gasteiger partial charge in [0.15, 0.2) is 18.2 Å². The molecule has 1 N–H and O–H groups in total. The SMILES string of the molecule is CC[C@@H](NC(=O)COC(=O)c1ccc2c(c1Cl)C(=O)c1ccccc1C2=O)c1ccc(C)cc1. The van der Waals surface area contributed by atoms with E-state index < -0.39 is 24.3 Å².